The number of aryl methyl sites for hydroxylation is 2. The molecular weight excluding hydrogens is 312 g/mol. The molecule has 0 atom stereocenters. The number of hydrogen-bond donors (Lipinski definition) is 0. The number of nitrogens with zero attached hydrogens (tertiary/aromatic N) is 2. The molecule has 4 heteroatoms. The highest BCUT2D eigenvalue weighted by Crippen LogP contribution is 2.22. The molecule has 1 aromatic rings. The van der Waals surface area contributed by atoms with E-state index in [0.717, 1.165) is 58.2 Å². The van der Waals surface area contributed by atoms with Crippen LogP contribution in [0.2, 0.25) is 0 Å². The van der Waals surface area contributed by atoms with Crippen LogP contribution < -0.4 is 0 Å². The first-order valence-corrected chi connectivity index (χ1v) is 9.76. The van der Waals surface area contributed by atoms with E-state index in [1.54, 1.807) is 0 Å². The van der Waals surface area contributed by atoms with E-state index in [2.05, 4.69) is 36.1 Å². The molecule has 2 aliphatic rings. The van der Waals surface area contributed by atoms with Crippen molar-refractivity contribution in [2.24, 2.45) is 0 Å². The lowest BCUT2D eigenvalue weighted by Crippen LogP contribution is -2.50. The summed E-state index contributed by atoms with van der Waals surface area (Å²) in [7, 11) is 0. The first-order chi connectivity index (χ1) is 12.1. The van der Waals surface area contributed by atoms with Crippen LogP contribution in [0.4, 0.5) is 0 Å². The van der Waals surface area contributed by atoms with E-state index in [9.17, 15) is 9.59 Å². The Balaban J connectivity index is 1.39. The molecular formula is C21H30N2O2. The minimum absolute atomic E-state index is 0.274. The highest BCUT2D eigenvalue weighted by atomic mass is 16.2. The van der Waals surface area contributed by atoms with Crippen molar-refractivity contribution in [2.45, 2.75) is 64.3 Å². The van der Waals surface area contributed by atoms with Gasteiger partial charge in [0.1, 0.15) is 0 Å². The molecule has 2 saturated heterocycles. The van der Waals surface area contributed by atoms with Crippen molar-refractivity contribution in [3.63, 3.8) is 0 Å². The smallest absolute Gasteiger partial charge is 0.222 e. The molecule has 0 radical (unpaired) electrons. The normalized spacial score (nSPS) is 19.3. The second-order valence-corrected chi connectivity index (χ2v) is 7.50. The van der Waals surface area contributed by atoms with Crippen molar-refractivity contribution >= 4 is 11.8 Å². The maximum atomic E-state index is 12.4. The van der Waals surface area contributed by atoms with Crippen molar-refractivity contribution in [3.8, 4) is 0 Å². The Morgan fingerprint density at radius 2 is 1.80 bits per heavy atom. The van der Waals surface area contributed by atoms with Gasteiger partial charge in [0.25, 0.3) is 0 Å². The number of carbonyl (C=O) groups excluding carboxylic acids is 2. The summed E-state index contributed by atoms with van der Waals surface area (Å²) in [6.07, 6.45) is 7.25. The van der Waals surface area contributed by atoms with E-state index in [-0.39, 0.29) is 5.91 Å². The maximum absolute atomic E-state index is 12.4. The van der Waals surface area contributed by atoms with Gasteiger partial charge in [0.15, 0.2) is 0 Å². The van der Waals surface area contributed by atoms with Gasteiger partial charge in [0, 0.05) is 38.5 Å². The number of amides is 2. The Morgan fingerprint density at radius 1 is 1.08 bits per heavy atom. The van der Waals surface area contributed by atoms with Crippen molar-refractivity contribution in [3.05, 3.63) is 35.4 Å². The van der Waals surface area contributed by atoms with Crippen LogP contribution in [0.15, 0.2) is 24.3 Å². The zero-order valence-corrected chi connectivity index (χ0v) is 15.4. The average Bonchev–Trinajstić information content (AvgIpc) is 2.64. The molecule has 1 aromatic carbocycles. The van der Waals surface area contributed by atoms with Gasteiger partial charge in [-0.05, 0) is 51.0 Å². The SMILES string of the molecule is Cc1ccc(CCCC(=O)N2CCC(N3CCCCC3=O)CC2)cc1. The standard InChI is InChI=1S/C21H30N2O2/c1-17-8-10-18(11-9-17)5-4-7-20(24)22-15-12-19(13-16-22)23-14-3-2-6-21(23)25/h8-11,19H,2-7,12-16H2,1H3. The van der Waals surface area contributed by atoms with E-state index in [4.69, 9.17) is 0 Å². The van der Waals surface area contributed by atoms with Crippen LogP contribution in [0.3, 0.4) is 0 Å². The van der Waals surface area contributed by atoms with Gasteiger partial charge < -0.3 is 9.80 Å². The van der Waals surface area contributed by atoms with Gasteiger partial charge in [-0.25, -0.2) is 0 Å². The fourth-order valence-corrected chi connectivity index (χ4v) is 4.00. The number of piperidine rings is 2. The largest absolute Gasteiger partial charge is 0.343 e. The maximum Gasteiger partial charge on any atom is 0.222 e. The minimum atomic E-state index is 0.274. The Hall–Kier alpha value is -1.84. The Labute approximate surface area is 151 Å². The second-order valence-electron chi connectivity index (χ2n) is 7.50. The average molecular weight is 342 g/mol. The van der Waals surface area contributed by atoms with Crippen LogP contribution in [-0.2, 0) is 16.0 Å². The third-order valence-corrected chi connectivity index (χ3v) is 5.59. The zero-order chi connectivity index (χ0) is 17.6. The molecule has 2 fully saturated rings. The van der Waals surface area contributed by atoms with Crippen LogP contribution in [-0.4, -0.2) is 47.3 Å². The Kier molecular flexibility index (Phi) is 6.11. The first-order valence-electron chi connectivity index (χ1n) is 9.76. The highest BCUT2D eigenvalue weighted by molar-refractivity contribution is 5.78. The number of benzene rings is 1. The summed E-state index contributed by atoms with van der Waals surface area (Å²) in [5, 5.41) is 0. The number of likely N-dealkylation sites (tertiary alicyclic amines) is 2. The first kappa shape index (κ1) is 18.0. The monoisotopic (exact) mass is 342 g/mol. The lowest BCUT2D eigenvalue weighted by Gasteiger charge is -2.40. The van der Waals surface area contributed by atoms with Gasteiger partial charge in [-0.2, -0.15) is 0 Å². The van der Waals surface area contributed by atoms with E-state index in [0.29, 0.717) is 24.8 Å². The number of rotatable bonds is 5. The van der Waals surface area contributed by atoms with E-state index in [1.165, 1.54) is 11.1 Å². The van der Waals surface area contributed by atoms with Crippen LogP contribution in [0.25, 0.3) is 0 Å². The summed E-state index contributed by atoms with van der Waals surface area (Å²) in [6.45, 7) is 4.61. The molecule has 0 aromatic heterocycles. The molecule has 0 N–H and O–H groups in total. The molecule has 3 rings (SSSR count). The van der Waals surface area contributed by atoms with Gasteiger partial charge in [-0.3, -0.25) is 9.59 Å². The number of hydrogen-bond acceptors (Lipinski definition) is 2. The van der Waals surface area contributed by atoms with E-state index >= 15 is 0 Å². The fraction of sp³-hybridized carbons (Fsp3) is 0.619. The molecule has 0 spiro atoms. The van der Waals surface area contributed by atoms with Crippen LogP contribution >= 0.6 is 0 Å². The summed E-state index contributed by atoms with van der Waals surface area (Å²) >= 11 is 0. The molecule has 0 aliphatic carbocycles. The van der Waals surface area contributed by atoms with Gasteiger partial charge in [0.2, 0.25) is 11.8 Å². The summed E-state index contributed by atoms with van der Waals surface area (Å²) in [5.74, 6) is 0.588. The second kappa shape index (κ2) is 8.50. The molecule has 2 aliphatic heterocycles. The zero-order valence-electron chi connectivity index (χ0n) is 15.4. The van der Waals surface area contributed by atoms with Crippen molar-refractivity contribution in [2.75, 3.05) is 19.6 Å². The summed E-state index contributed by atoms with van der Waals surface area (Å²) < 4.78 is 0. The topological polar surface area (TPSA) is 40.6 Å². The molecule has 25 heavy (non-hydrogen) atoms. The van der Waals surface area contributed by atoms with Gasteiger partial charge in [0.05, 0.1) is 0 Å². The number of carbonyl (C=O) groups is 2. The van der Waals surface area contributed by atoms with E-state index in [1.807, 2.05) is 4.90 Å². The van der Waals surface area contributed by atoms with Crippen molar-refractivity contribution in [1.82, 2.24) is 9.80 Å². The molecule has 2 amide bonds. The van der Waals surface area contributed by atoms with Crippen LogP contribution in [0.1, 0.15) is 56.1 Å². The lowest BCUT2D eigenvalue weighted by molar-refractivity contribution is -0.138. The summed E-state index contributed by atoms with van der Waals surface area (Å²) in [6, 6.07) is 8.92. The summed E-state index contributed by atoms with van der Waals surface area (Å²) in [4.78, 5) is 28.6. The summed E-state index contributed by atoms with van der Waals surface area (Å²) in [5.41, 5.74) is 2.58. The molecule has 0 bridgehead atoms. The van der Waals surface area contributed by atoms with Gasteiger partial charge >= 0.3 is 0 Å². The minimum Gasteiger partial charge on any atom is -0.343 e. The quantitative estimate of drug-likeness (QED) is 0.823. The Bertz CT molecular complexity index is 588. The van der Waals surface area contributed by atoms with Crippen molar-refractivity contribution in [1.29, 1.82) is 0 Å². The molecule has 2 heterocycles. The van der Waals surface area contributed by atoms with Gasteiger partial charge in [-0.1, -0.05) is 29.8 Å². The van der Waals surface area contributed by atoms with Crippen LogP contribution in [0, 0.1) is 6.92 Å². The van der Waals surface area contributed by atoms with E-state index < -0.39 is 0 Å². The fourth-order valence-electron chi connectivity index (χ4n) is 4.00. The third-order valence-electron chi connectivity index (χ3n) is 5.59. The molecule has 136 valence electrons. The van der Waals surface area contributed by atoms with Gasteiger partial charge in [-0.15, -0.1) is 0 Å². The highest BCUT2D eigenvalue weighted by Gasteiger charge is 2.30. The predicted molar refractivity (Wildman–Crippen MR) is 99.3 cm³/mol. The third kappa shape index (κ3) is 4.83. The molecule has 0 saturated carbocycles. The molecule has 0 unspecified atom stereocenters. The Morgan fingerprint density at radius 3 is 2.48 bits per heavy atom. The lowest BCUT2D eigenvalue weighted by atomic mass is 9.99. The predicted octanol–water partition coefficient (Wildman–Crippen LogP) is 3.32. The molecule has 4 nitrogen and oxygen atoms in total. The van der Waals surface area contributed by atoms with Crippen LogP contribution in [0.5, 0.6) is 0 Å². The van der Waals surface area contributed by atoms with Crippen molar-refractivity contribution < 1.29 is 9.59 Å².